The van der Waals surface area contributed by atoms with Crippen LogP contribution in [0.15, 0.2) is 6.33 Å². The van der Waals surface area contributed by atoms with Gasteiger partial charge in [-0.1, -0.05) is 0 Å². The average Bonchev–Trinajstić information content (AvgIpc) is 2.87. The lowest BCUT2D eigenvalue weighted by Crippen LogP contribution is -2.23. The number of rotatable bonds is 4. The SMILES string of the molecule is CCn1ncnc1CC(=O)C1CCCO1. The Labute approximate surface area is 88.4 Å². The van der Waals surface area contributed by atoms with E-state index in [0.717, 1.165) is 25.2 Å². The Morgan fingerprint density at radius 3 is 3.27 bits per heavy atom. The Balaban J connectivity index is 1.98. The molecule has 0 spiro atoms. The number of ether oxygens (including phenoxy) is 1. The summed E-state index contributed by atoms with van der Waals surface area (Å²) in [6.45, 7) is 3.43. The Morgan fingerprint density at radius 1 is 1.73 bits per heavy atom. The summed E-state index contributed by atoms with van der Waals surface area (Å²) in [5, 5.41) is 4.03. The summed E-state index contributed by atoms with van der Waals surface area (Å²) in [5.74, 6) is 0.855. The zero-order valence-corrected chi connectivity index (χ0v) is 8.85. The van der Waals surface area contributed by atoms with Gasteiger partial charge in [0.1, 0.15) is 18.3 Å². The second-order valence-electron chi connectivity index (χ2n) is 3.64. The van der Waals surface area contributed by atoms with Crippen molar-refractivity contribution in [3.63, 3.8) is 0 Å². The van der Waals surface area contributed by atoms with Crippen LogP contribution in [0.25, 0.3) is 0 Å². The Bertz CT molecular complexity index is 342. The van der Waals surface area contributed by atoms with E-state index in [-0.39, 0.29) is 11.9 Å². The number of Topliss-reactive ketones (excluding diaryl/α,β-unsaturated/α-hetero) is 1. The summed E-state index contributed by atoms with van der Waals surface area (Å²) in [4.78, 5) is 15.8. The van der Waals surface area contributed by atoms with Gasteiger partial charge in [0.05, 0.1) is 6.42 Å². The fourth-order valence-corrected chi connectivity index (χ4v) is 1.79. The lowest BCUT2D eigenvalue weighted by Gasteiger charge is -2.07. The van der Waals surface area contributed by atoms with Gasteiger partial charge < -0.3 is 4.74 Å². The molecule has 5 heteroatoms. The third-order valence-electron chi connectivity index (χ3n) is 2.62. The van der Waals surface area contributed by atoms with Crippen molar-refractivity contribution in [1.29, 1.82) is 0 Å². The molecule has 1 aromatic heterocycles. The van der Waals surface area contributed by atoms with Crippen molar-refractivity contribution < 1.29 is 9.53 Å². The van der Waals surface area contributed by atoms with Crippen molar-refractivity contribution in [2.75, 3.05) is 6.61 Å². The molecule has 1 saturated heterocycles. The monoisotopic (exact) mass is 209 g/mol. The molecule has 0 aliphatic carbocycles. The van der Waals surface area contributed by atoms with E-state index in [9.17, 15) is 4.79 Å². The highest BCUT2D eigenvalue weighted by atomic mass is 16.5. The van der Waals surface area contributed by atoms with E-state index in [1.165, 1.54) is 6.33 Å². The summed E-state index contributed by atoms with van der Waals surface area (Å²) in [6.07, 6.45) is 3.43. The van der Waals surface area contributed by atoms with Gasteiger partial charge in [0.25, 0.3) is 0 Å². The molecule has 0 saturated carbocycles. The number of carbonyl (C=O) groups excluding carboxylic acids is 1. The number of carbonyl (C=O) groups is 1. The van der Waals surface area contributed by atoms with Crippen LogP contribution >= 0.6 is 0 Å². The predicted octanol–water partition coefficient (Wildman–Crippen LogP) is 0.589. The lowest BCUT2D eigenvalue weighted by molar-refractivity contribution is -0.127. The van der Waals surface area contributed by atoms with Crippen LogP contribution < -0.4 is 0 Å². The molecule has 82 valence electrons. The predicted molar refractivity (Wildman–Crippen MR) is 53.4 cm³/mol. The maximum absolute atomic E-state index is 11.8. The molecule has 1 aliphatic heterocycles. The molecule has 1 aromatic rings. The first kappa shape index (κ1) is 10.3. The topological polar surface area (TPSA) is 57.0 Å². The van der Waals surface area contributed by atoms with Gasteiger partial charge in [-0.25, -0.2) is 9.67 Å². The third-order valence-corrected chi connectivity index (χ3v) is 2.62. The number of aromatic nitrogens is 3. The van der Waals surface area contributed by atoms with Crippen LogP contribution in [0.4, 0.5) is 0 Å². The zero-order chi connectivity index (χ0) is 10.7. The molecule has 2 heterocycles. The quantitative estimate of drug-likeness (QED) is 0.728. The van der Waals surface area contributed by atoms with E-state index in [2.05, 4.69) is 10.1 Å². The second kappa shape index (κ2) is 4.53. The van der Waals surface area contributed by atoms with Gasteiger partial charge in [0, 0.05) is 13.2 Å². The number of hydrogen-bond donors (Lipinski definition) is 0. The molecule has 1 aliphatic rings. The number of aryl methyl sites for hydroxylation is 1. The van der Waals surface area contributed by atoms with Crippen LogP contribution in [0.1, 0.15) is 25.6 Å². The molecule has 1 unspecified atom stereocenters. The van der Waals surface area contributed by atoms with Gasteiger partial charge >= 0.3 is 0 Å². The minimum absolute atomic E-state index is 0.121. The lowest BCUT2D eigenvalue weighted by atomic mass is 10.1. The normalized spacial score (nSPS) is 20.7. The molecule has 15 heavy (non-hydrogen) atoms. The summed E-state index contributed by atoms with van der Waals surface area (Å²) in [5.41, 5.74) is 0. The summed E-state index contributed by atoms with van der Waals surface area (Å²) in [7, 11) is 0. The molecule has 1 fully saturated rings. The molecule has 0 N–H and O–H groups in total. The largest absolute Gasteiger partial charge is 0.370 e. The maximum Gasteiger partial charge on any atom is 0.169 e. The number of nitrogens with zero attached hydrogens (tertiary/aromatic N) is 3. The van der Waals surface area contributed by atoms with Gasteiger partial charge in [0.2, 0.25) is 0 Å². The van der Waals surface area contributed by atoms with Crippen molar-refractivity contribution >= 4 is 5.78 Å². The molecule has 0 radical (unpaired) electrons. The highest BCUT2D eigenvalue weighted by Gasteiger charge is 2.24. The highest BCUT2D eigenvalue weighted by molar-refractivity contribution is 5.84. The van der Waals surface area contributed by atoms with E-state index in [4.69, 9.17) is 4.74 Å². The fraction of sp³-hybridized carbons (Fsp3) is 0.700. The van der Waals surface area contributed by atoms with Crippen LogP contribution in [0.3, 0.4) is 0 Å². The van der Waals surface area contributed by atoms with Crippen molar-refractivity contribution in [2.45, 2.75) is 38.8 Å². The molecule has 0 aromatic carbocycles. The first-order valence-corrected chi connectivity index (χ1v) is 5.32. The Kier molecular flexibility index (Phi) is 3.11. The van der Waals surface area contributed by atoms with Crippen molar-refractivity contribution in [3.8, 4) is 0 Å². The van der Waals surface area contributed by atoms with E-state index < -0.39 is 0 Å². The molecule has 0 amide bonds. The summed E-state index contributed by atoms with van der Waals surface area (Å²) >= 11 is 0. The van der Waals surface area contributed by atoms with Gasteiger partial charge in [-0.2, -0.15) is 5.10 Å². The van der Waals surface area contributed by atoms with E-state index in [1.54, 1.807) is 4.68 Å². The van der Waals surface area contributed by atoms with E-state index >= 15 is 0 Å². The third kappa shape index (κ3) is 2.23. The summed E-state index contributed by atoms with van der Waals surface area (Å²) in [6, 6.07) is 0. The van der Waals surface area contributed by atoms with Crippen molar-refractivity contribution in [1.82, 2.24) is 14.8 Å². The van der Waals surface area contributed by atoms with E-state index in [1.807, 2.05) is 6.92 Å². The standard InChI is InChI=1S/C10H15N3O2/c1-2-13-10(11-7-12-13)6-8(14)9-4-3-5-15-9/h7,9H,2-6H2,1H3. The first-order chi connectivity index (χ1) is 7.31. The second-order valence-corrected chi connectivity index (χ2v) is 3.64. The van der Waals surface area contributed by atoms with Gasteiger partial charge in [-0.3, -0.25) is 4.79 Å². The van der Waals surface area contributed by atoms with Crippen molar-refractivity contribution in [2.24, 2.45) is 0 Å². The van der Waals surface area contributed by atoms with Gasteiger partial charge in [-0.05, 0) is 19.8 Å². The zero-order valence-electron chi connectivity index (χ0n) is 8.85. The fourth-order valence-electron chi connectivity index (χ4n) is 1.79. The van der Waals surface area contributed by atoms with Gasteiger partial charge in [-0.15, -0.1) is 0 Å². The van der Waals surface area contributed by atoms with E-state index in [0.29, 0.717) is 13.0 Å². The molecular formula is C10H15N3O2. The van der Waals surface area contributed by atoms with Crippen molar-refractivity contribution in [3.05, 3.63) is 12.2 Å². The van der Waals surface area contributed by atoms with Crippen LogP contribution in [-0.4, -0.2) is 33.3 Å². The highest BCUT2D eigenvalue weighted by Crippen LogP contribution is 2.14. The van der Waals surface area contributed by atoms with Crippen LogP contribution in [0.2, 0.25) is 0 Å². The minimum atomic E-state index is -0.216. The van der Waals surface area contributed by atoms with Crippen LogP contribution in [0.5, 0.6) is 0 Å². The van der Waals surface area contributed by atoms with Gasteiger partial charge in [0.15, 0.2) is 5.78 Å². The molecule has 0 bridgehead atoms. The summed E-state index contributed by atoms with van der Waals surface area (Å²) < 4.78 is 7.07. The Hall–Kier alpha value is -1.23. The van der Waals surface area contributed by atoms with Crippen LogP contribution in [-0.2, 0) is 22.5 Å². The molecule has 1 atom stereocenters. The Morgan fingerprint density at radius 2 is 2.60 bits per heavy atom. The maximum atomic E-state index is 11.8. The van der Waals surface area contributed by atoms with Crippen LogP contribution in [0, 0.1) is 0 Å². The first-order valence-electron chi connectivity index (χ1n) is 5.32. The molecule has 2 rings (SSSR count). The smallest absolute Gasteiger partial charge is 0.169 e. The number of hydrogen-bond acceptors (Lipinski definition) is 4. The molecular weight excluding hydrogens is 194 g/mol. The minimum Gasteiger partial charge on any atom is -0.370 e. The average molecular weight is 209 g/mol. The number of ketones is 1. The molecule has 5 nitrogen and oxygen atoms in total.